The van der Waals surface area contributed by atoms with Crippen LogP contribution in [-0.2, 0) is 9.53 Å². The molecule has 6 heteroatoms. The molecule has 1 rings (SSSR count). The van der Waals surface area contributed by atoms with Gasteiger partial charge in [0, 0.05) is 25.1 Å². The van der Waals surface area contributed by atoms with Gasteiger partial charge in [0.2, 0.25) is 0 Å². The van der Waals surface area contributed by atoms with Crippen LogP contribution in [0.25, 0.3) is 0 Å². The number of nitrogens with two attached hydrogens (primary N) is 1. The molecule has 0 spiro atoms. The first kappa shape index (κ1) is 15.9. The lowest BCUT2D eigenvalue weighted by Gasteiger charge is -2.14. The van der Waals surface area contributed by atoms with E-state index in [1.807, 2.05) is 0 Å². The van der Waals surface area contributed by atoms with E-state index in [4.69, 9.17) is 19.9 Å². The summed E-state index contributed by atoms with van der Waals surface area (Å²) in [4.78, 5) is 11.2. The molecule has 6 nitrogen and oxygen atoms in total. The number of methoxy groups -OCH3 is 2. The fourth-order valence-electron chi connectivity index (χ4n) is 1.74. The van der Waals surface area contributed by atoms with E-state index in [9.17, 15) is 4.79 Å². The minimum absolute atomic E-state index is 0.186. The summed E-state index contributed by atoms with van der Waals surface area (Å²) in [6, 6.07) is 3.48. The second kappa shape index (κ2) is 8.14. The maximum absolute atomic E-state index is 11.2. The standard InChI is InChI=1S/C14H22N2O4/c1-4-20-14(17)6-5-7-16-11-9-13(19-3)12(18-2)8-10(11)15/h8-9,16H,4-7,15H2,1-3H3. The Hall–Kier alpha value is -2.11. The van der Waals surface area contributed by atoms with Crippen molar-refractivity contribution >= 4 is 17.3 Å². The van der Waals surface area contributed by atoms with Gasteiger partial charge in [-0.15, -0.1) is 0 Å². The first-order chi connectivity index (χ1) is 9.62. The smallest absolute Gasteiger partial charge is 0.305 e. The maximum atomic E-state index is 11.2. The Morgan fingerprint density at radius 3 is 2.50 bits per heavy atom. The minimum Gasteiger partial charge on any atom is -0.493 e. The highest BCUT2D eigenvalue weighted by Crippen LogP contribution is 2.34. The summed E-state index contributed by atoms with van der Waals surface area (Å²) in [5.74, 6) is 1.01. The van der Waals surface area contributed by atoms with Gasteiger partial charge < -0.3 is 25.3 Å². The van der Waals surface area contributed by atoms with Crippen molar-refractivity contribution in [3.63, 3.8) is 0 Å². The number of nitrogen functional groups attached to an aromatic ring is 1. The molecule has 0 bridgehead atoms. The van der Waals surface area contributed by atoms with Gasteiger partial charge >= 0.3 is 5.97 Å². The third-order valence-electron chi connectivity index (χ3n) is 2.73. The number of esters is 1. The highest BCUT2D eigenvalue weighted by molar-refractivity contribution is 5.72. The summed E-state index contributed by atoms with van der Waals surface area (Å²) < 4.78 is 15.2. The number of ether oxygens (including phenoxy) is 3. The van der Waals surface area contributed by atoms with E-state index < -0.39 is 0 Å². The minimum atomic E-state index is -0.186. The molecule has 20 heavy (non-hydrogen) atoms. The average molecular weight is 282 g/mol. The van der Waals surface area contributed by atoms with E-state index in [0.717, 1.165) is 5.69 Å². The van der Waals surface area contributed by atoms with Gasteiger partial charge in [-0.05, 0) is 13.3 Å². The molecule has 1 aromatic carbocycles. The molecule has 1 aromatic rings. The van der Waals surface area contributed by atoms with Crippen LogP contribution >= 0.6 is 0 Å². The summed E-state index contributed by atoms with van der Waals surface area (Å²) in [5, 5.41) is 3.17. The van der Waals surface area contributed by atoms with Crippen LogP contribution in [0.4, 0.5) is 11.4 Å². The van der Waals surface area contributed by atoms with Gasteiger partial charge in [-0.25, -0.2) is 0 Å². The predicted octanol–water partition coefficient (Wildman–Crippen LogP) is 2.04. The molecule has 0 unspecified atom stereocenters. The van der Waals surface area contributed by atoms with E-state index in [2.05, 4.69) is 5.32 Å². The Morgan fingerprint density at radius 2 is 1.90 bits per heavy atom. The van der Waals surface area contributed by atoms with Crippen molar-refractivity contribution in [3.8, 4) is 11.5 Å². The fraction of sp³-hybridized carbons (Fsp3) is 0.500. The molecule has 0 heterocycles. The average Bonchev–Trinajstić information content (AvgIpc) is 2.44. The van der Waals surface area contributed by atoms with Crippen LogP contribution in [0.15, 0.2) is 12.1 Å². The van der Waals surface area contributed by atoms with Gasteiger partial charge in [-0.3, -0.25) is 4.79 Å². The van der Waals surface area contributed by atoms with Crippen molar-refractivity contribution in [1.29, 1.82) is 0 Å². The first-order valence-electron chi connectivity index (χ1n) is 6.53. The lowest BCUT2D eigenvalue weighted by molar-refractivity contribution is -0.143. The highest BCUT2D eigenvalue weighted by Gasteiger charge is 2.09. The number of rotatable bonds is 8. The van der Waals surface area contributed by atoms with Crippen molar-refractivity contribution in [2.24, 2.45) is 0 Å². The van der Waals surface area contributed by atoms with Gasteiger partial charge in [-0.2, -0.15) is 0 Å². The Kier molecular flexibility index (Phi) is 6.49. The molecular formula is C14H22N2O4. The summed E-state index contributed by atoms with van der Waals surface area (Å²) in [6.07, 6.45) is 1.06. The monoisotopic (exact) mass is 282 g/mol. The third-order valence-corrected chi connectivity index (χ3v) is 2.73. The van der Waals surface area contributed by atoms with Crippen molar-refractivity contribution < 1.29 is 19.0 Å². The quantitative estimate of drug-likeness (QED) is 0.431. The normalized spacial score (nSPS) is 9.95. The van der Waals surface area contributed by atoms with Gasteiger partial charge in [0.1, 0.15) is 0 Å². The van der Waals surface area contributed by atoms with Crippen LogP contribution in [0, 0.1) is 0 Å². The Labute approximate surface area is 119 Å². The molecule has 0 amide bonds. The second-order valence-corrected chi connectivity index (χ2v) is 4.13. The molecule has 0 aliphatic heterocycles. The van der Waals surface area contributed by atoms with Crippen LogP contribution in [0.2, 0.25) is 0 Å². The number of anilines is 2. The van der Waals surface area contributed by atoms with E-state index in [-0.39, 0.29) is 5.97 Å². The van der Waals surface area contributed by atoms with Crippen LogP contribution in [0.1, 0.15) is 19.8 Å². The molecule has 0 fully saturated rings. The molecule has 3 N–H and O–H groups in total. The first-order valence-corrected chi connectivity index (χ1v) is 6.53. The van der Waals surface area contributed by atoms with Crippen molar-refractivity contribution in [2.75, 3.05) is 38.4 Å². The molecule has 0 atom stereocenters. The van der Waals surface area contributed by atoms with E-state index >= 15 is 0 Å². The summed E-state index contributed by atoms with van der Waals surface area (Å²) in [6.45, 7) is 2.83. The summed E-state index contributed by atoms with van der Waals surface area (Å²) in [5.41, 5.74) is 7.24. The molecule has 0 radical (unpaired) electrons. The van der Waals surface area contributed by atoms with Crippen molar-refractivity contribution in [1.82, 2.24) is 0 Å². The summed E-state index contributed by atoms with van der Waals surface area (Å²) >= 11 is 0. The van der Waals surface area contributed by atoms with Crippen LogP contribution in [0.3, 0.4) is 0 Å². The zero-order valence-electron chi connectivity index (χ0n) is 12.2. The molecule has 112 valence electrons. The molecule has 0 saturated carbocycles. The van der Waals surface area contributed by atoms with Gasteiger partial charge in [0.15, 0.2) is 11.5 Å². The Bertz CT molecular complexity index is 449. The van der Waals surface area contributed by atoms with Crippen molar-refractivity contribution in [2.45, 2.75) is 19.8 Å². The fourth-order valence-corrected chi connectivity index (χ4v) is 1.74. The molecule has 0 aliphatic carbocycles. The molecule has 0 aromatic heterocycles. The maximum Gasteiger partial charge on any atom is 0.305 e. The zero-order chi connectivity index (χ0) is 15.0. The predicted molar refractivity (Wildman–Crippen MR) is 78.3 cm³/mol. The molecular weight excluding hydrogens is 260 g/mol. The van der Waals surface area contributed by atoms with Gasteiger partial charge in [-0.1, -0.05) is 0 Å². The zero-order valence-corrected chi connectivity index (χ0v) is 12.2. The number of carbonyl (C=O) groups excluding carboxylic acids is 1. The van der Waals surface area contributed by atoms with E-state index in [0.29, 0.717) is 43.2 Å². The lowest BCUT2D eigenvalue weighted by atomic mass is 10.2. The number of hydrogen-bond donors (Lipinski definition) is 2. The topological polar surface area (TPSA) is 82.8 Å². The summed E-state index contributed by atoms with van der Waals surface area (Å²) in [7, 11) is 3.13. The number of hydrogen-bond acceptors (Lipinski definition) is 6. The number of benzene rings is 1. The Morgan fingerprint density at radius 1 is 1.25 bits per heavy atom. The van der Waals surface area contributed by atoms with Crippen LogP contribution in [-0.4, -0.2) is 33.3 Å². The van der Waals surface area contributed by atoms with E-state index in [1.165, 1.54) is 0 Å². The van der Waals surface area contributed by atoms with E-state index in [1.54, 1.807) is 33.3 Å². The van der Waals surface area contributed by atoms with Crippen LogP contribution < -0.4 is 20.5 Å². The third kappa shape index (κ3) is 4.53. The van der Waals surface area contributed by atoms with Gasteiger partial charge in [0.05, 0.1) is 32.2 Å². The second-order valence-electron chi connectivity index (χ2n) is 4.13. The number of nitrogens with one attached hydrogen (secondary N) is 1. The lowest BCUT2D eigenvalue weighted by Crippen LogP contribution is -2.09. The van der Waals surface area contributed by atoms with Crippen LogP contribution in [0.5, 0.6) is 11.5 Å². The Balaban J connectivity index is 2.53. The molecule has 0 saturated heterocycles. The van der Waals surface area contributed by atoms with Crippen molar-refractivity contribution in [3.05, 3.63) is 12.1 Å². The largest absolute Gasteiger partial charge is 0.493 e. The number of carbonyl (C=O) groups is 1. The molecule has 0 aliphatic rings. The highest BCUT2D eigenvalue weighted by atomic mass is 16.5. The van der Waals surface area contributed by atoms with Gasteiger partial charge in [0.25, 0.3) is 0 Å². The SMILES string of the molecule is CCOC(=O)CCCNc1cc(OC)c(OC)cc1N.